The van der Waals surface area contributed by atoms with Gasteiger partial charge in [0.15, 0.2) is 0 Å². The smallest absolute Gasteiger partial charge is 0.222 e. The largest absolute Gasteiger partial charge is 0.349 e. The molecule has 1 aromatic carbocycles. The van der Waals surface area contributed by atoms with Crippen molar-refractivity contribution in [1.82, 2.24) is 10.6 Å². The standard InChI is InChI=1S/C15H21ClN2O/c1-2-14(11-5-7-12(16)8-6-11)18-15(19)10-13-4-3-9-17-13/h5-8,13-14,17H,2-4,9-10H2,1H3,(H,18,19). The SMILES string of the molecule is CCC(NC(=O)CC1CCCN1)c1ccc(Cl)cc1. The molecule has 104 valence electrons. The average molecular weight is 281 g/mol. The van der Waals surface area contributed by atoms with E-state index in [0.717, 1.165) is 30.0 Å². The molecule has 0 aliphatic carbocycles. The predicted molar refractivity (Wildman–Crippen MR) is 78.3 cm³/mol. The maximum atomic E-state index is 12.0. The van der Waals surface area contributed by atoms with Crippen LogP contribution >= 0.6 is 11.6 Å². The minimum atomic E-state index is 0.0752. The Kier molecular flexibility index (Phi) is 5.23. The van der Waals surface area contributed by atoms with Crippen molar-refractivity contribution < 1.29 is 4.79 Å². The molecule has 0 bridgehead atoms. The minimum absolute atomic E-state index is 0.0752. The molecule has 1 fully saturated rings. The van der Waals surface area contributed by atoms with Gasteiger partial charge in [0.25, 0.3) is 0 Å². The molecule has 1 aliphatic heterocycles. The fourth-order valence-electron chi connectivity index (χ4n) is 2.52. The quantitative estimate of drug-likeness (QED) is 0.870. The number of benzene rings is 1. The molecule has 0 radical (unpaired) electrons. The molecule has 0 aromatic heterocycles. The number of nitrogens with one attached hydrogen (secondary N) is 2. The molecular formula is C15H21ClN2O. The van der Waals surface area contributed by atoms with Crippen molar-refractivity contribution in [3.8, 4) is 0 Å². The van der Waals surface area contributed by atoms with Crippen LogP contribution in [0.5, 0.6) is 0 Å². The summed E-state index contributed by atoms with van der Waals surface area (Å²) in [5.74, 6) is 0.126. The van der Waals surface area contributed by atoms with Gasteiger partial charge in [0.2, 0.25) is 5.91 Å². The van der Waals surface area contributed by atoms with E-state index in [0.29, 0.717) is 12.5 Å². The van der Waals surface area contributed by atoms with Gasteiger partial charge in [0.1, 0.15) is 0 Å². The van der Waals surface area contributed by atoms with Gasteiger partial charge < -0.3 is 10.6 Å². The molecule has 4 heteroatoms. The summed E-state index contributed by atoms with van der Waals surface area (Å²) < 4.78 is 0. The van der Waals surface area contributed by atoms with Crippen molar-refractivity contribution >= 4 is 17.5 Å². The van der Waals surface area contributed by atoms with Crippen LogP contribution in [-0.2, 0) is 4.79 Å². The van der Waals surface area contributed by atoms with Crippen LogP contribution in [0.2, 0.25) is 5.02 Å². The average Bonchev–Trinajstić information content (AvgIpc) is 2.90. The van der Waals surface area contributed by atoms with E-state index in [-0.39, 0.29) is 11.9 Å². The first-order valence-corrected chi connectivity index (χ1v) is 7.35. The summed E-state index contributed by atoms with van der Waals surface area (Å²) in [7, 11) is 0. The maximum Gasteiger partial charge on any atom is 0.222 e. The van der Waals surface area contributed by atoms with Gasteiger partial charge in [-0.3, -0.25) is 4.79 Å². The highest BCUT2D eigenvalue weighted by molar-refractivity contribution is 6.30. The predicted octanol–water partition coefficient (Wildman–Crippen LogP) is 3.05. The third-order valence-corrected chi connectivity index (χ3v) is 3.86. The third kappa shape index (κ3) is 4.22. The van der Waals surface area contributed by atoms with Crippen LogP contribution in [0.25, 0.3) is 0 Å². The number of rotatable bonds is 5. The fraction of sp³-hybridized carbons (Fsp3) is 0.533. The monoisotopic (exact) mass is 280 g/mol. The van der Waals surface area contributed by atoms with E-state index in [9.17, 15) is 4.79 Å². The first-order valence-electron chi connectivity index (χ1n) is 6.97. The lowest BCUT2D eigenvalue weighted by atomic mass is 10.0. The number of halogens is 1. The third-order valence-electron chi connectivity index (χ3n) is 3.61. The molecule has 2 N–H and O–H groups in total. The van der Waals surface area contributed by atoms with Crippen molar-refractivity contribution in [2.45, 2.75) is 44.7 Å². The van der Waals surface area contributed by atoms with Crippen molar-refractivity contribution in [2.24, 2.45) is 0 Å². The second kappa shape index (κ2) is 6.92. The lowest BCUT2D eigenvalue weighted by molar-refractivity contribution is -0.122. The first kappa shape index (κ1) is 14.4. The summed E-state index contributed by atoms with van der Waals surface area (Å²) in [6.07, 6.45) is 3.73. The molecule has 2 rings (SSSR count). The van der Waals surface area contributed by atoms with Gasteiger partial charge in [-0.25, -0.2) is 0 Å². The van der Waals surface area contributed by atoms with E-state index in [4.69, 9.17) is 11.6 Å². The summed E-state index contributed by atoms with van der Waals surface area (Å²) in [6.45, 7) is 3.11. The van der Waals surface area contributed by atoms with Crippen LogP contribution in [0, 0.1) is 0 Å². The molecular weight excluding hydrogens is 260 g/mol. The molecule has 0 spiro atoms. The van der Waals surface area contributed by atoms with Crippen LogP contribution in [0.15, 0.2) is 24.3 Å². The Hall–Kier alpha value is -1.06. The highest BCUT2D eigenvalue weighted by atomic mass is 35.5. The van der Waals surface area contributed by atoms with Crippen molar-refractivity contribution in [3.05, 3.63) is 34.9 Å². The normalized spacial score (nSPS) is 20.2. The summed E-state index contributed by atoms with van der Waals surface area (Å²) >= 11 is 5.88. The summed E-state index contributed by atoms with van der Waals surface area (Å²) in [5, 5.41) is 7.18. The Balaban J connectivity index is 1.90. The summed E-state index contributed by atoms with van der Waals surface area (Å²) in [4.78, 5) is 12.0. The zero-order valence-corrected chi connectivity index (χ0v) is 12.0. The second-order valence-electron chi connectivity index (χ2n) is 5.08. The highest BCUT2D eigenvalue weighted by Gasteiger charge is 2.19. The first-order chi connectivity index (χ1) is 9.19. The van der Waals surface area contributed by atoms with Gasteiger partial charge in [-0.1, -0.05) is 30.7 Å². The van der Waals surface area contributed by atoms with Gasteiger partial charge in [-0.05, 0) is 43.5 Å². The Bertz CT molecular complexity index is 413. The van der Waals surface area contributed by atoms with E-state index < -0.39 is 0 Å². The van der Waals surface area contributed by atoms with Crippen LogP contribution in [0.4, 0.5) is 0 Å². The Labute approximate surface area is 119 Å². The van der Waals surface area contributed by atoms with Gasteiger partial charge in [0, 0.05) is 17.5 Å². The van der Waals surface area contributed by atoms with E-state index in [1.165, 1.54) is 6.42 Å². The topological polar surface area (TPSA) is 41.1 Å². The van der Waals surface area contributed by atoms with E-state index >= 15 is 0 Å². The molecule has 19 heavy (non-hydrogen) atoms. The molecule has 0 saturated carbocycles. The molecule has 1 aromatic rings. The molecule has 1 amide bonds. The van der Waals surface area contributed by atoms with Crippen molar-refractivity contribution in [2.75, 3.05) is 6.54 Å². The van der Waals surface area contributed by atoms with E-state index in [1.54, 1.807) is 0 Å². The molecule has 2 atom stereocenters. The number of amides is 1. The lowest BCUT2D eigenvalue weighted by Crippen LogP contribution is -2.34. The van der Waals surface area contributed by atoms with Gasteiger partial charge >= 0.3 is 0 Å². The van der Waals surface area contributed by atoms with Gasteiger partial charge in [-0.15, -0.1) is 0 Å². The maximum absolute atomic E-state index is 12.0. The fourth-order valence-corrected chi connectivity index (χ4v) is 2.65. The lowest BCUT2D eigenvalue weighted by Gasteiger charge is -2.19. The van der Waals surface area contributed by atoms with Crippen molar-refractivity contribution in [3.63, 3.8) is 0 Å². The van der Waals surface area contributed by atoms with Crippen LogP contribution < -0.4 is 10.6 Å². The van der Waals surface area contributed by atoms with Crippen LogP contribution in [0.3, 0.4) is 0 Å². The number of hydrogen-bond donors (Lipinski definition) is 2. The summed E-state index contributed by atoms with van der Waals surface area (Å²) in [5.41, 5.74) is 1.11. The summed E-state index contributed by atoms with van der Waals surface area (Å²) in [6, 6.07) is 8.11. The van der Waals surface area contributed by atoms with Gasteiger partial charge in [0.05, 0.1) is 6.04 Å². The number of carbonyl (C=O) groups is 1. The van der Waals surface area contributed by atoms with Crippen molar-refractivity contribution in [1.29, 1.82) is 0 Å². The molecule has 1 heterocycles. The minimum Gasteiger partial charge on any atom is -0.349 e. The Morgan fingerprint density at radius 3 is 2.79 bits per heavy atom. The van der Waals surface area contributed by atoms with Crippen LogP contribution in [-0.4, -0.2) is 18.5 Å². The molecule has 2 unspecified atom stereocenters. The molecule has 3 nitrogen and oxygen atoms in total. The number of hydrogen-bond acceptors (Lipinski definition) is 2. The highest BCUT2D eigenvalue weighted by Crippen LogP contribution is 2.19. The zero-order chi connectivity index (χ0) is 13.7. The Morgan fingerprint density at radius 1 is 1.47 bits per heavy atom. The molecule has 1 saturated heterocycles. The van der Waals surface area contributed by atoms with E-state index in [1.807, 2.05) is 24.3 Å². The van der Waals surface area contributed by atoms with Gasteiger partial charge in [-0.2, -0.15) is 0 Å². The second-order valence-corrected chi connectivity index (χ2v) is 5.51. The number of carbonyl (C=O) groups excluding carboxylic acids is 1. The van der Waals surface area contributed by atoms with E-state index in [2.05, 4.69) is 17.6 Å². The molecule has 1 aliphatic rings. The zero-order valence-electron chi connectivity index (χ0n) is 11.3. The van der Waals surface area contributed by atoms with Crippen LogP contribution in [0.1, 0.15) is 44.2 Å². The Morgan fingerprint density at radius 2 is 2.21 bits per heavy atom.